The summed E-state index contributed by atoms with van der Waals surface area (Å²) >= 11 is 0. The monoisotopic (exact) mass is 161 g/mol. The molecule has 6 heteroatoms. The van der Waals surface area contributed by atoms with Crippen LogP contribution in [0, 0.1) is 11.8 Å². The van der Waals surface area contributed by atoms with E-state index in [4.69, 9.17) is 13.7 Å². The number of halogens is 2. The maximum atomic E-state index is 9.16. The summed E-state index contributed by atoms with van der Waals surface area (Å²) in [6.07, 6.45) is 0. The van der Waals surface area contributed by atoms with Gasteiger partial charge in [0, 0.05) is 27.9 Å². The Hall–Kier alpha value is 0.0200. The lowest BCUT2D eigenvalue weighted by molar-refractivity contribution is 0.621. The van der Waals surface area contributed by atoms with Crippen molar-refractivity contribution < 1.29 is 8.42 Å². The standard InChI is InChI=1S/CHN.Cl2O2S/c1-2;1-5(2,3)4/h1H;. The van der Waals surface area contributed by atoms with Gasteiger partial charge in [-0.05, 0) is 0 Å². The van der Waals surface area contributed by atoms with Gasteiger partial charge in [0.15, 0.2) is 0 Å². The van der Waals surface area contributed by atoms with Crippen LogP contribution in [0.25, 0.3) is 0 Å². The highest BCUT2D eigenvalue weighted by molar-refractivity contribution is 8.31. The number of hydrogen-bond acceptors (Lipinski definition) is 3. The van der Waals surface area contributed by atoms with Gasteiger partial charge in [-0.25, -0.2) is 5.26 Å². The summed E-state index contributed by atoms with van der Waals surface area (Å²) in [7, 11) is 4.81. The molecule has 7 heavy (non-hydrogen) atoms. The van der Waals surface area contributed by atoms with Gasteiger partial charge < -0.3 is 0 Å². The van der Waals surface area contributed by atoms with E-state index >= 15 is 0 Å². The van der Waals surface area contributed by atoms with Crippen LogP contribution in [0.4, 0.5) is 0 Å². The molecule has 0 aromatic carbocycles. The van der Waals surface area contributed by atoms with Crippen molar-refractivity contribution in [2.24, 2.45) is 0 Å². The molecule has 0 fully saturated rings. The minimum absolute atomic E-state index is 3.50. The lowest BCUT2D eigenvalue weighted by Crippen LogP contribution is -1.63. The number of rotatable bonds is 0. The molecule has 0 atom stereocenters. The average molecular weight is 162 g/mol. The zero-order valence-corrected chi connectivity index (χ0v) is 5.33. The lowest BCUT2D eigenvalue weighted by Gasteiger charge is -1.61. The molecule has 0 N–H and O–H groups in total. The third-order valence-electron chi connectivity index (χ3n) is 0. The van der Waals surface area contributed by atoms with E-state index in [2.05, 4.69) is 27.9 Å². The first kappa shape index (κ1) is 10.1. The van der Waals surface area contributed by atoms with Crippen LogP contribution in [0.1, 0.15) is 0 Å². The Morgan fingerprint density at radius 3 is 1.29 bits per heavy atom. The van der Waals surface area contributed by atoms with Crippen molar-refractivity contribution in [2.75, 3.05) is 0 Å². The molecule has 0 aromatic rings. The van der Waals surface area contributed by atoms with Gasteiger partial charge in [-0.15, -0.1) is 0 Å². The maximum Gasteiger partial charge on any atom is 0.317 e. The first-order valence-corrected chi connectivity index (χ1v) is 4.04. The lowest BCUT2D eigenvalue weighted by atomic mass is 11.9. The highest BCUT2D eigenvalue weighted by atomic mass is 36.0. The van der Waals surface area contributed by atoms with E-state index in [9.17, 15) is 0 Å². The fourth-order valence-corrected chi connectivity index (χ4v) is 0. The van der Waals surface area contributed by atoms with E-state index in [0.717, 1.165) is 0 Å². The first-order chi connectivity index (χ1) is 3.00. The maximum absolute atomic E-state index is 9.16. The van der Waals surface area contributed by atoms with Crippen LogP contribution in [0.5, 0.6) is 0 Å². The van der Waals surface area contributed by atoms with Crippen molar-refractivity contribution in [3.63, 3.8) is 0 Å². The van der Waals surface area contributed by atoms with E-state index in [1.165, 1.54) is 0 Å². The van der Waals surface area contributed by atoms with Crippen LogP contribution in [-0.4, -0.2) is 8.42 Å². The minimum atomic E-state index is -3.72. The molecule has 0 saturated carbocycles. The highest BCUT2D eigenvalue weighted by Crippen LogP contribution is 1.98. The summed E-state index contributed by atoms with van der Waals surface area (Å²) in [6.45, 7) is 3.50. The van der Waals surface area contributed by atoms with Crippen molar-refractivity contribution in [2.45, 2.75) is 0 Å². The van der Waals surface area contributed by atoms with E-state index in [1.54, 1.807) is 0 Å². The van der Waals surface area contributed by atoms with Crippen molar-refractivity contribution in [1.82, 2.24) is 0 Å². The molecule has 0 aromatic heterocycles. The molecule has 3 nitrogen and oxygen atoms in total. The van der Waals surface area contributed by atoms with E-state index in [0.29, 0.717) is 0 Å². The third kappa shape index (κ3) is 243000. The number of hydrogen-bond donors (Lipinski definition) is 0. The Kier molecular flexibility index (Phi) is 6.04. The molecular weight excluding hydrogens is 161 g/mol. The minimum Gasteiger partial charge on any atom is -0.202 e. The second-order valence-electron chi connectivity index (χ2n) is 0.378. The fourth-order valence-electron chi connectivity index (χ4n) is 0. The Bertz CT molecular complexity index is 127. The average Bonchev–Trinajstić information content (AvgIpc) is 1.36. The summed E-state index contributed by atoms with van der Waals surface area (Å²) in [5.74, 6) is 0. The number of nitrogens with zero attached hydrogens (tertiary/aromatic N) is 1. The highest BCUT2D eigenvalue weighted by Gasteiger charge is 1.88. The molecule has 0 spiro atoms. The van der Waals surface area contributed by atoms with Gasteiger partial charge in [-0.2, -0.15) is 8.42 Å². The smallest absolute Gasteiger partial charge is 0.202 e. The van der Waals surface area contributed by atoms with Crippen LogP contribution in [0.3, 0.4) is 0 Å². The van der Waals surface area contributed by atoms with Gasteiger partial charge >= 0.3 is 8.26 Å². The molecule has 0 aliphatic rings. The number of nitriles is 1. The molecule has 0 amide bonds. The zero-order valence-electron chi connectivity index (χ0n) is 3.01. The Balaban J connectivity index is 0. The van der Waals surface area contributed by atoms with Crippen molar-refractivity contribution >= 4 is 29.6 Å². The third-order valence-corrected chi connectivity index (χ3v) is 0. The van der Waals surface area contributed by atoms with Gasteiger partial charge in [-0.1, -0.05) is 0 Å². The van der Waals surface area contributed by atoms with E-state index < -0.39 is 8.26 Å². The fraction of sp³-hybridized carbons (Fsp3) is 0. The van der Waals surface area contributed by atoms with Crippen LogP contribution in [0.15, 0.2) is 0 Å². The molecular formula is CHCl2NO2S. The molecule has 0 bridgehead atoms. The summed E-state index contributed by atoms with van der Waals surface area (Å²) < 4.78 is 18.3. The van der Waals surface area contributed by atoms with Crippen molar-refractivity contribution in [3.05, 3.63) is 0 Å². The van der Waals surface area contributed by atoms with Crippen LogP contribution >= 0.6 is 21.4 Å². The van der Waals surface area contributed by atoms with Crippen molar-refractivity contribution in [1.29, 1.82) is 5.26 Å². The molecule has 0 radical (unpaired) electrons. The summed E-state index contributed by atoms with van der Waals surface area (Å²) in [5.41, 5.74) is 0. The Labute approximate surface area is 50.4 Å². The second kappa shape index (κ2) is 4.19. The SMILES string of the molecule is C#N.O=S(=O)(Cl)Cl. The second-order valence-corrected chi connectivity index (χ2v) is 4.05. The summed E-state index contributed by atoms with van der Waals surface area (Å²) in [6, 6.07) is 0. The molecule has 0 saturated heterocycles. The van der Waals surface area contributed by atoms with Gasteiger partial charge in [-0.3, -0.25) is 0 Å². The molecule has 0 heterocycles. The van der Waals surface area contributed by atoms with Gasteiger partial charge in [0.25, 0.3) is 0 Å². The molecule has 0 aliphatic heterocycles. The molecule has 42 valence electrons. The Morgan fingerprint density at radius 2 is 1.29 bits per heavy atom. The molecule has 0 aliphatic carbocycles. The van der Waals surface area contributed by atoms with E-state index in [-0.39, 0.29) is 0 Å². The topological polar surface area (TPSA) is 57.9 Å². The van der Waals surface area contributed by atoms with Gasteiger partial charge in [0.05, 0.1) is 0 Å². The summed E-state index contributed by atoms with van der Waals surface area (Å²) in [4.78, 5) is 0. The molecule has 0 unspecified atom stereocenters. The quantitative estimate of drug-likeness (QED) is 0.496. The predicted molar refractivity (Wildman–Crippen MR) is 27.3 cm³/mol. The normalized spacial score (nSPS) is 8.57. The van der Waals surface area contributed by atoms with E-state index in [1.807, 2.05) is 0 Å². The molecule has 0 rings (SSSR count). The zero-order chi connectivity index (χ0) is 6.50. The predicted octanol–water partition coefficient (Wildman–Crippen LogP) is 0.849. The van der Waals surface area contributed by atoms with Crippen LogP contribution < -0.4 is 0 Å². The Morgan fingerprint density at radius 1 is 1.29 bits per heavy atom. The van der Waals surface area contributed by atoms with Crippen LogP contribution in [-0.2, 0) is 8.26 Å². The van der Waals surface area contributed by atoms with Crippen molar-refractivity contribution in [3.8, 4) is 6.57 Å². The van der Waals surface area contributed by atoms with Gasteiger partial charge in [0.1, 0.15) is 0 Å². The first-order valence-electron chi connectivity index (χ1n) is 0.900. The largest absolute Gasteiger partial charge is 0.317 e. The van der Waals surface area contributed by atoms with Crippen LogP contribution in [0.2, 0.25) is 0 Å². The van der Waals surface area contributed by atoms with Gasteiger partial charge in [0.2, 0.25) is 0 Å². The summed E-state index contributed by atoms with van der Waals surface area (Å²) in [5, 5.41) is 6.50.